The fraction of sp³-hybridized carbons (Fsp3) is 0.286. The number of piperazine rings is 1. The third-order valence-corrected chi connectivity index (χ3v) is 4.65. The lowest BCUT2D eigenvalue weighted by atomic mass is 10.0. The van der Waals surface area contributed by atoms with Crippen LogP contribution in [0.25, 0.3) is 0 Å². The molecule has 1 fully saturated rings. The van der Waals surface area contributed by atoms with Gasteiger partial charge in [0.1, 0.15) is 12.5 Å². The maximum atomic E-state index is 12.7. The van der Waals surface area contributed by atoms with E-state index in [4.69, 9.17) is 0 Å². The number of amides is 3. The highest BCUT2D eigenvalue weighted by molar-refractivity contribution is 6.05. The number of nitrogens with one attached hydrogen (secondary N) is 2. The monoisotopic (exact) mass is 365 g/mol. The lowest BCUT2D eigenvalue weighted by Crippen LogP contribution is -2.58. The molecular formula is C21H23N3O3. The van der Waals surface area contributed by atoms with Crippen LogP contribution in [0.3, 0.4) is 0 Å². The first-order valence-corrected chi connectivity index (χ1v) is 9.01. The summed E-state index contributed by atoms with van der Waals surface area (Å²) < 4.78 is 0. The molecule has 0 unspecified atom stereocenters. The van der Waals surface area contributed by atoms with Gasteiger partial charge in [-0.15, -0.1) is 0 Å². The molecule has 0 radical (unpaired) electrons. The van der Waals surface area contributed by atoms with E-state index >= 15 is 0 Å². The molecule has 0 aromatic heterocycles. The second-order valence-electron chi connectivity index (χ2n) is 6.62. The molecular weight excluding hydrogens is 342 g/mol. The standard InChI is InChI=1S/C21H23N3O3/c1-15-7-5-6-10-17(15)23-19(25)14-20(26)24-12-11-22-21(27)18(24)13-16-8-3-2-4-9-16/h2-10,18H,11-14H2,1H3,(H,22,27)(H,23,25)/t18-/m1/s1. The molecule has 2 N–H and O–H groups in total. The molecule has 140 valence electrons. The van der Waals surface area contributed by atoms with Crippen LogP contribution < -0.4 is 10.6 Å². The average Bonchev–Trinajstić information content (AvgIpc) is 2.66. The fourth-order valence-corrected chi connectivity index (χ4v) is 3.20. The summed E-state index contributed by atoms with van der Waals surface area (Å²) in [5.74, 6) is -0.895. The number of carbonyl (C=O) groups excluding carboxylic acids is 3. The Labute approximate surface area is 158 Å². The van der Waals surface area contributed by atoms with Gasteiger partial charge in [-0.1, -0.05) is 48.5 Å². The van der Waals surface area contributed by atoms with Crippen molar-refractivity contribution < 1.29 is 14.4 Å². The molecule has 1 aliphatic heterocycles. The van der Waals surface area contributed by atoms with Crippen LogP contribution in [0.1, 0.15) is 17.5 Å². The normalized spacial score (nSPS) is 16.6. The molecule has 3 amide bonds. The first-order chi connectivity index (χ1) is 13.0. The highest BCUT2D eigenvalue weighted by Crippen LogP contribution is 2.16. The Hall–Kier alpha value is -3.15. The lowest BCUT2D eigenvalue weighted by molar-refractivity contribution is -0.144. The van der Waals surface area contributed by atoms with Gasteiger partial charge in [-0.05, 0) is 24.1 Å². The van der Waals surface area contributed by atoms with Crippen molar-refractivity contribution in [2.24, 2.45) is 0 Å². The van der Waals surface area contributed by atoms with Crippen molar-refractivity contribution in [1.29, 1.82) is 0 Å². The molecule has 0 spiro atoms. The maximum Gasteiger partial charge on any atom is 0.243 e. The molecule has 3 rings (SSSR count). The Morgan fingerprint density at radius 2 is 1.81 bits per heavy atom. The third-order valence-electron chi connectivity index (χ3n) is 4.65. The van der Waals surface area contributed by atoms with Crippen LogP contribution in [-0.4, -0.2) is 41.8 Å². The summed E-state index contributed by atoms with van der Waals surface area (Å²) >= 11 is 0. The summed E-state index contributed by atoms with van der Waals surface area (Å²) in [6.07, 6.45) is 0.144. The first kappa shape index (κ1) is 18.6. The quantitative estimate of drug-likeness (QED) is 0.795. The van der Waals surface area contributed by atoms with Crippen LogP contribution in [-0.2, 0) is 20.8 Å². The molecule has 6 nitrogen and oxygen atoms in total. The molecule has 27 heavy (non-hydrogen) atoms. The van der Waals surface area contributed by atoms with Crippen molar-refractivity contribution in [3.05, 3.63) is 65.7 Å². The van der Waals surface area contributed by atoms with E-state index in [9.17, 15) is 14.4 Å². The highest BCUT2D eigenvalue weighted by atomic mass is 16.2. The van der Waals surface area contributed by atoms with Gasteiger partial charge in [0.15, 0.2) is 0 Å². The summed E-state index contributed by atoms with van der Waals surface area (Å²) in [5, 5.41) is 5.57. The molecule has 1 aliphatic rings. The second kappa shape index (κ2) is 8.49. The van der Waals surface area contributed by atoms with E-state index in [1.165, 1.54) is 4.90 Å². The number of hydrogen-bond acceptors (Lipinski definition) is 3. The van der Waals surface area contributed by atoms with E-state index < -0.39 is 6.04 Å². The summed E-state index contributed by atoms with van der Waals surface area (Å²) in [6, 6.07) is 16.4. The number of rotatable bonds is 5. The smallest absolute Gasteiger partial charge is 0.243 e. The van der Waals surface area contributed by atoms with E-state index in [0.717, 1.165) is 11.1 Å². The topological polar surface area (TPSA) is 78.5 Å². The number of aryl methyl sites for hydroxylation is 1. The van der Waals surface area contributed by atoms with Gasteiger partial charge in [-0.3, -0.25) is 14.4 Å². The summed E-state index contributed by atoms with van der Waals surface area (Å²) in [6.45, 7) is 2.69. The number of carbonyl (C=O) groups is 3. The molecule has 0 bridgehead atoms. The zero-order valence-electron chi connectivity index (χ0n) is 15.3. The van der Waals surface area contributed by atoms with E-state index in [1.54, 1.807) is 6.07 Å². The minimum absolute atomic E-state index is 0.183. The van der Waals surface area contributed by atoms with Crippen molar-refractivity contribution in [3.63, 3.8) is 0 Å². The van der Waals surface area contributed by atoms with Crippen LogP contribution in [0, 0.1) is 6.92 Å². The minimum atomic E-state index is -0.597. The highest BCUT2D eigenvalue weighted by Gasteiger charge is 2.33. The minimum Gasteiger partial charge on any atom is -0.353 e. The SMILES string of the molecule is Cc1ccccc1NC(=O)CC(=O)N1CCNC(=O)[C@H]1Cc1ccccc1. The van der Waals surface area contributed by atoms with Crippen molar-refractivity contribution >= 4 is 23.4 Å². The van der Waals surface area contributed by atoms with Gasteiger partial charge in [-0.2, -0.15) is 0 Å². The van der Waals surface area contributed by atoms with Gasteiger partial charge in [0.05, 0.1) is 0 Å². The van der Waals surface area contributed by atoms with Crippen molar-refractivity contribution in [1.82, 2.24) is 10.2 Å². The van der Waals surface area contributed by atoms with Crippen LogP contribution in [0.4, 0.5) is 5.69 Å². The van der Waals surface area contributed by atoms with Gasteiger partial charge in [0.25, 0.3) is 0 Å². The third kappa shape index (κ3) is 4.73. The van der Waals surface area contributed by atoms with Crippen LogP contribution in [0.2, 0.25) is 0 Å². The zero-order chi connectivity index (χ0) is 19.2. The van der Waals surface area contributed by atoms with Crippen molar-refractivity contribution in [2.75, 3.05) is 18.4 Å². The van der Waals surface area contributed by atoms with Gasteiger partial charge in [-0.25, -0.2) is 0 Å². The Bertz CT molecular complexity index is 836. The van der Waals surface area contributed by atoms with Crippen LogP contribution >= 0.6 is 0 Å². The molecule has 0 saturated carbocycles. The number of para-hydroxylation sites is 1. The zero-order valence-corrected chi connectivity index (χ0v) is 15.3. The van der Waals surface area contributed by atoms with Crippen molar-refractivity contribution in [3.8, 4) is 0 Å². The Morgan fingerprint density at radius 1 is 1.11 bits per heavy atom. The Morgan fingerprint density at radius 3 is 2.56 bits per heavy atom. The maximum absolute atomic E-state index is 12.7. The van der Waals surface area contributed by atoms with Gasteiger partial charge in [0, 0.05) is 25.2 Å². The first-order valence-electron chi connectivity index (χ1n) is 9.01. The van der Waals surface area contributed by atoms with Gasteiger partial charge < -0.3 is 15.5 Å². The molecule has 1 saturated heterocycles. The number of anilines is 1. The average molecular weight is 365 g/mol. The molecule has 1 heterocycles. The Kier molecular flexibility index (Phi) is 5.86. The summed E-state index contributed by atoms with van der Waals surface area (Å²) in [4.78, 5) is 38.9. The molecule has 6 heteroatoms. The van der Waals surface area contributed by atoms with Crippen LogP contribution in [0.5, 0.6) is 0 Å². The predicted octanol–water partition coefficient (Wildman–Crippen LogP) is 1.89. The number of benzene rings is 2. The Balaban J connectivity index is 1.66. The number of nitrogens with zero attached hydrogens (tertiary/aromatic N) is 1. The van der Waals surface area contributed by atoms with E-state index in [0.29, 0.717) is 25.2 Å². The largest absolute Gasteiger partial charge is 0.353 e. The van der Waals surface area contributed by atoms with Gasteiger partial charge >= 0.3 is 0 Å². The number of hydrogen-bond donors (Lipinski definition) is 2. The van der Waals surface area contributed by atoms with E-state index in [2.05, 4.69) is 10.6 Å². The summed E-state index contributed by atoms with van der Waals surface area (Å²) in [7, 11) is 0. The van der Waals surface area contributed by atoms with E-state index in [1.807, 2.05) is 55.5 Å². The molecule has 1 atom stereocenters. The fourth-order valence-electron chi connectivity index (χ4n) is 3.20. The molecule has 2 aromatic carbocycles. The molecule has 0 aliphatic carbocycles. The van der Waals surface area contributed by atoms with E-state index in [-0.39, 0.29) is 24.1 Å². The van der Waals surface area contributed by atoms with Crippen molar-refractivity contribution in [2.45, 2.75) is 25.8 Å². The predicted molar refractivity (Wildman–Crippen MR) is 103 cm³/mol. The lowest BCUT2D eigenvalue weighted by Gasteiger charge is -2.35. The summed E-state index contributed by atoms with van der Waals surface area (Å²) in [5.41, 5.74) is 2.59. The molecule has 2 aromatic rings. The van der Waals surface area contributed by atoms with Crippen LogP contribution in [0.15, 0.2) is 54.6 Å². The second-order valence-corrected chi connectivity index (χ2v) is 6.62. The van der Waals surface area contributed by atoms with Gasteiger partial charge in [0.2, 0.25) is 17.7 Å².